The van der Waals surface area contributed by atoms with Crippen LogP contribution in [0.4, 0.5) is 0 Å². The SMILES string of the molecule is CCOC[C@H]1CN(CCCN)CC12CCCC2. The molecule has 1 atom stereocenters. The van der Waals surface area contributed by atoms with Crippen LogP contribution in [0.2, 0.25) is 0 Å². The van der Waals surface area contributed by atoms with Gasteiger partial charge in [0.15, 0.2) is 0 Å². The van der Waals surface area contributed by atoms with Crippen LogP contribution in [0.15, 0.2) is 0 Å². The molecule has 0 aromatic heterocycles. The standard InChI is InChI=1S/C14H28N2O/c1-2-17-11-13-10-16(9-5-8-15)12-14(13)6-3-4-7-14/h13H,2-12,15H2,1H3/t13-/m1/s1. The molecule has 0 unspecified atom stereocenters. The zero-order chi connectivity index (χ0) is 12.1. The summed E-state index contributed by atoms with van der Waals surface area (Å²) in [5.74, 6) is 0.766. The van der Waals surface area contributed by atoms with Crippen molar-refractivity contribution in [3.63, 3.8) is 0 Å². The van der Waals surface area contributed by atoms with Crippen molar-refractivity contribution >= 4 is 0 Å². The highest BCUT2D eigenvalue weighted by molar-refractivity contribution is 4.99. The van der Waals surface area contributed by atoms with Gasteiger partial charge in [-0.3, -0.25) is 0 Å². The van der Waals surface area contributed by atoms with Crippen LogP contribution in [0.3, 0.4) is 0 Å². The van der Waals surface area contributed by atoms with E-state index in [2.05, 4.69) is 11.8 Å². The number of hydrogen-bond acceptors (Lipinski definition) is 3. The summed E-state index contributed by atoms with van der Waals surface area (Å²) < 4.78 is 5.71. The highest BCUT2D eigenvalue weighted by atomic mass is 16.5. The van der Waals surface area contributed by atoms with Gasteiger partial charge < -0.3 is 15.4 Å². The van der Waals surface area contributed by atoms with E-state index in [-0.39, 0.29) is 0 Å². The van der Waals surface area contributed by atoms with Crippen molar-refractivity contribution < 1.29 is 4.74 Å². The number of nitrogens with zero attached hydrogens (tertiary/aromatic N) is 1. The lowest BCUT2D eigenvalue weighted by Gasteiger charge is -2.29. The molecule has 2 rings (SSSR count). The van der Waals surface area contributed by atoms with Crippen molar-refractivity contribution in [3.8, 4) is 0 Å². The lowest BCUT2D eigenvalue weighted by molar-refractivity contribution is 0.0688. The molecule has 1 aliphatic heterocycles. The fourth-order valence-corrected chi connectivity index (χ4v) is 3.76. The maximum atomic E-state index is 5.71. The molecule has 0 amide bonds. The third-order valence-electron chi connectivity index (χ3n) is 4.68. The lowest BCUT2D eigenvalue weighted by Crippen LogP contribution is -2.30. The van der Waals surface area contributed by atoms with Gasteiger partial charge in [-0.1, -0.05) is 12.8 Å². The Kier molecular flexibility index (Phi) is 4.83. The highest BCUT2D eigenvalue weighted by Gasteiger charge is 2.47. The Morgan fingerprint density at radius 3 is 2.76 bits per heavy atom. The van der Waals surface area contributed by atoms with Crippen LogP contribution in [0, 0.1) is 11.3 Å². The fourth-order valence-electron chi connectivity index (χ4n) is 3.76. The van der Waals surface area contributed by atoms with E-state index in [1.165, 1.54) is 45.3 Å². The van der Waals surface area contributed by atoms with Crippen LogP contribution in [-0.2, 0) is 4.74 Å². The second-order valence-corrected chi connectivity index (χ2v) is 5.80. The molecule has 3 nitrogen and oxygen atoms in total. The molecular weight excluding hydrogens is 212 g/mol. The van der Waals surface area contributed by atoms with Gasteiger partial charge in [-0.25, -0.2) is 0 Å². The molecule has 0 radical (unpaired) electrons. The molecule has 17 heavy (non-hydrogen) atoms. The van der Waals surface area contributed by atoms with Crippen molar-refractivity contribution in [2.75, 3.05) is 39.4 Å². The first-order chi connectivity index (χ1) is 8.30. The molecule has 3 heteroatoms. The predicted octanol–water partition coefficient (Wildman–Crippen LogP) is 1.86. The van der Waals surface area contributed by atoms with Crippen molar-refractivity contribution in [3.05, 3.63) is 0 Å². The lowest BCUT2D eigenvalue weighted by atomic mass is 9.77. The normalized spacial score (nSPS) is 28.2. The zero-order valence-corrected chi connectivity index (χ0v) is 11.3. The van der Waals surface area contributed by atoms with Gasteiger partial charge in [-0.05, 0) is 44.7 Å². The Bertz CT molecular complexity index is 226. The van der Waals surface area contributed by atoms with E-state index in [0.717, 1.165) is 32.1 Å². The second kappa shape index (κ2) is 6.17. The van der Waals surface area contributed by atoms with Gasteiger partial charge in [-0.2, -0.15) is 0 Å². The van der Waals surface area contributed by atoms with Crippen molar-refractivity contribution in [2.24, 2.45) is 17.1 Å². The third-order valence-corrected chi connectivity index (χ3v) is 4.68. The number of likely N-dealkylation sites (tertiary alicyclic amines) is 1. The molecule has 1 saturated carbocycles. The van der Waals surface area contributed by atoms with E-state index >= 15 is 0 Å². The van der Waals surface area contributed by atoms with Gasteiger partial charge in [0.05, 0.1) is 6.61 Å². The van der Waals surface area contributed by atoms with Crippen molar-refractivity contribution in [2.45, 2.75) is 39.0 Å². The van der Waals surface area contributed by atoms with Crippen LogP contribution in [-0.4, -0.2) is 44.3 Å². The number of nitrogens with two attached hydrogens (primary N) is 1. The van der Waals surface area contributed by atoms with Crippen LogP contribution in [0.25, 0.3) is 0 Å². The molecule has 100 valence electrons. The minimum atomic E-state index is 0.587. The minimum absolute atomic E-state index is 0.587. The molecule has 2 N–H and O–H groups in total. The van der Waals surface area contributed by atoms with Crippen LogP contribution < -0.4 is 5.73 Å². The first-order valence-electron chi connectivity index (χ1n) is 7.31. The van der Waals surface area contributed by atoms with Gasteiger partial charge in [0.25, 0.3) is 0 Å². The maximum Gasteiger partial charge on any atom is 0.0512 e. The van der Waals surface area contributed by atoms with Gasteiger partial charge >= 0.3 is 0 Å². The Balaban J connectivity index is 1.92. The van der Waals surface area contributed by atoms with E-state index in [9.17, 15) is 0 Å². The van der Waals surface area contributed by atoms with Crippen LogP contribution in [0.5, 0.6) is 0 Å². The van der Waals surface area contributed by atoms with E-state index in [1.54, 1.807) is 0 Å². The molecule has 1 aliphatic carbocycles. The summed E-state index contributed by atoms with van der Waals surface area (Å²) in [6.45, 7) is 8.46. The average molecular weight is 240 g/mol. The second-order valence-electron chi connectivity index (χ2n) is 5.80. The van der Waals surface area contributed by atoms with Crippen LogP contribution >= 0.6 is 0 Å². The fraction of sp³-hybridized carbons (Fsp3) is 1.00. The van der Waals surface area contributed by atoms with E-state index in [4.69, 9.17) is 10.5 Å². The number of rotatable bonds is 6. The molecule has 2 fully saturated rings. The Morgan fingerprint density at radius 1 is 1.35 bits per heavy atom. The molecular formula is C14H28N2O. The predicted molar refractivity (Wildman–Crippen MR) is 71.0 cm³/mol. The quantitative estimate of drug-likeness (QED) is 0.770. The Morgan fingerprint density at radius 2 is 2.12 bits per heavy atom. The van der Waals surface area contributed by atoms with Crippen LogP contribution in [0.1, 0.15) is 39.0 Å². The first kappa shape index (κ1) is 13.3. The average Bonchev–Trinajstić information content (AvgIpc) is 2.93. The summed E-state index contributed by atoms with van der Waals surface area (Å²) in [5, 5.41) is 0. The summed E-state index contributed by atoms with van der Waals surface area (Å²) in [5.41, 5.74) is 6.20. The van der Waals surface area contributed by atoms with Crippen molar-refractivity contribution in [1.82, 2.24) is 4.90 Å². The maximum absolute atomic E-state index is 5.71. The summed E-state index contributed by atoms with van der Waals surface area (Å²) in [7, 11) is 0. The molecule has 2 aliphatic rings. The first-order valence-corrected chi connectivity index (χ1v) is 7.31. The van der Waals surface area contributed by atoms with Crippen molar-refractivity contribution in [1.29, 1.82) is 0 Å². The van der Waals surface area contributed by atoms with Gasteiger partial charge in [0.2, 0.25) is 0 Å². The summed E-state index contributed by atoms with van der Waals surface area (Å²) in [6.07, 6.45) is 6.83. The van der Waals surface area contributed by atoms with Gasteiger partial charge in [0, 0.05) is 25.6 Å². The van der Waals surface area contributed by atoms with E-state index < -0.39 is 0 Å². The molecule has 0 aromatic carbocycles. The van der Waals surface area contributed by atoms with E-state index in [1.807, 2.05) is 0 Å². The summed E-state index contributed by atoms with van der Waals surface area (Å²) >= 11 is 0. The number of ether oxygens (including phenoxy) is 1. The van der Waals surface area contributed by atoms with Gasteiger partial charge in [-0.15, -0.1) is 0 Å². The van der Waals surface area contributed by atoms with Gasteiger partial charge in [0.1, 0.15) is 0 Å². The zero-order valence-electron chi connectivity index (χ0n) is 11.3. The molecule has 0 bridgehead atoms. The molecule has 1 heterocycles. The molecule has 1 spiro atoms. The monoisotopic (exact) mass is 240 g/mol. The third kappa shape index (κ3) is 3.01. The largest absolute Gasteiger partial charge is 0.381 e. The minimum Gasteiger partial charge on any atom is -0.381 e. The Hall–Kier alpha value is -0.120. The van der Waals surface area contributed by atoms with E-state index in [0.29, 0.717) is 5.41 Å². The Labute approximate surface area is 106 Å². The number of hydrogen-bond donors (Lipinski definition) is 1. The smallest absolute Gasteiger partial charge is 0.0512 e. The topological polar surface area (TPSA) is 38.5 Å². The highest BCUT2D eigenvalue weighted by Crippen LogP contribution is 2.49. The summed E-state index contributed by atoms with van der Waals surface area (Å²) in [4.78, 5) is 2.63. The molecule has 1 saturated heterocycles. The summed E-state index contributed by atoms with van der Waals surface area (Å²) in [6, 6.07) is 0. The molecule has 0 aromatic rings.